The highest BCUT2D eigenvalue weighted by Crippen LogP contribution is 2.22. The summed E-state index contributed by atoms with van der Waals surface area (Å²) in [7, 11) is 6.31. The van der Waals surface area contributed by atoms with Gasteiger partial charge in [-0.15, -0.1) is 5.10 Å². The number of hydrogen-bond donors (Lipinski definition) is 0. The summed E-state index contributed by atoms with van der Waals surface area (Å²) in [6.45, 7) is 0. The van der Waals surface area contributed by atoms with E-state index in [1.54, 1.807) is 32.0 Å². The lowest BCUT2D eigenvalue weighted by Gasteiger charge is -2.03. The summed E-state index contributed by atoms with van der Waals surface area (Å²) < 4.78 is 10.7. The first-order valence-electron chi connectivity index (χ1n) is 8.12. The van der Waals surface area contributed by atoms with Crippen LogP contribution in [0.5, 0.6) is 5.75 Å². The van der Waals surface area contributed by atoms with E-state index in [0.717, 1.165) is 10.1 Å². The standard InChI is InChI=1S/C17H17N7O3/c1-21-13-14(22(2)17(26)23(3)15(13)25)18-16(21)24-9-12(19-20-24)10-6-5-7-11(8-10)27-4/h5-9H,1-4H3. The molecule has 138 valence electrons. The van der Waals surface area contributed by atoms with Crippen LogP contribution in [0.3, 0.4) is 0 Å². The molecule has 0 fully saturated rings. The first-order valence-corrected chi connectivity index (χ1v) is 8.12. The number of fused-ring (bicyclic) bond motifs is 1. The molecule has 0 atom stereocenters. The fourth-order valence-electron chi connectivity index (χ4n) is 2.99. The molecule has 0 spiro atoms. The van der Waals surface area contributed by atoms with Gasteiger partial charge in [-0.25, -0.2) is 4.79 Å². The zero-order chi connectivity index (χ0) is 19.3. The van der Waals surface area contributed by atoms with Crippen LogP contribution in [-0.4, -0.2) is 40.8 Å². The quantitative estimate of drug-likeness (QED) is 0.514. The average Bonchev–Trinajstić information content (AvgIpc) is 3.29. The molecule has 0 aliphatic rings. The highest BCUT2D eigenvalue weighted by Gasteiger charge is 2.19. The van der Waals surface area contributed by atoms with Crippen molar-refractivity contribution < 1.29 is 4.74 Å². The first-order chi connectivity index (χ1) is 12.9. The first kappa shape index (κ1) is 16.8. The van der Waals surface area contributed by atoms with Crippen molar-refractivity contribution in [1.29, 1.82) is 0 Å². The molecule has 3 aromatic heterocycles. The van der Waals surface area contributed by atoms with Crippen LogP contribution in [0.2, 0.25) is 0 Å². The van der Waals surface area contributed by atoms with Crippen LogP contribution in [0.25, 0.3) is 28.4 Å². The van der Waals surface area contributed by atoms with E-state index in [2.05, 4.69) is 15.3 Å². The molecule has 0 aliphatic carbocycles. The van der Waals surface area contributed by atoms with Gasteiger partial charge in [0.15, 0.2) is 11.2 Å². The predicted molar refractivity (Wildman–Crippen MR) is 98.1 cm³/mol. The second-order valence-corrected chi connectivity index (χ2v) is 6.13. The zero-order valence-corrected chi connectivity index (χ0v) is 15.2. The molecule has 1 aromatic carbocycles. The summed E-state index contributed by atoms with van der Waals surface area (Å²) >= 11 is 0. The predicted octanol–water partition coefficient (Wildman–Crippen LogP) is 0.227. The van der Waals surface area contributed by atoms with Gasteiger partial charge in [-0.2, -0.15) is 9.67 Å². The summed E-state index contributed by atoms with van der Waals surface area (Å²) in [6.07, 6.45) is 1.71. The van der Waals surface area contributed by atoms with Crippen LogP contribution in [0.15, 0.2) is 40.1 Å². The summed E-state index contributed by atoms with van der Waals surface area (Å²) in [5.41, 5.74) is 1.22. The van der Waals surface area contributed by atoms with Gasteiger partial charge in [0.1, 0.15) is 11.4 Å². The second kappa shape index (κ2) is 5.94. The van der Waals surface area contributed by atoms with Crippen LogP contribution in [-0.2, 0) is 21.1 Å². The highest BCUT2D eigenvalue weighted by molar-refractivity contribution is 5.72. The van der Waals surface area contributed by atoms with Crippen molar-refractivity contribution in [3.8, 4) is 23.0 Å². The molecule has 0 radical (unpaired) electrons. The molecule has 0 unspecified atom stereocenters. The number of aryl methyl sites for hydroxylation is 2. The Labute approximate surface area is 152 Å². The van der Waals surface area contributed by atoms with Gasteiger partial charge in [0.2, 0.25) is 5.95 Å². The van der Waals surface area contributed by atoms with Gasteiger partial charge in [0, 0.05) is 26.7 Å². The van der Waals surface area contributed by atoms with Gasteiger partial charge >= 0.3 is 5.69 Å². The van der Waals surface area contributed by atoms with E-state index in [9.17, 15) is 9.59 Å². The molecule has 10 nitrogen and oxygen atoms in total. The summed E-state index contributed by atoms with van der Waals surface area (Å²) in [4.78, 5) is 29.1. The lowest BCUT2D eigenvalue weighted by molar-refractivity contribution is 0.415. The Kier molecular flexibility index (Phi) is 3.69. The Balaban J connectivity index is 1.89. The molecular weight excluding hydrogens is 350 g/mol. The monoisotopic (exact) mass is 367 g/mol. The van der Waals surface area contributed by atoms with Crippen molar-refractivity contribution in [2.24, 2.45) is 21.1 Å². The summed E-state index contributed by atoms with van der Waals surface area (Å²) in [5.74, 6) is 1.09. The summed E-state index contributed by atoms with van der Waals surface area (Å²) in [6, 6.07) is 7.45. The Morgan fingerprint density at radius 1 is 1.04 bits per heavy atom. The smallest absolute Gasteiger partial charge is 0.332 e. The maximum Gasteiger partial charge on any atom is 0.332 e. The Morgan fingerprint density at radius 3 is 2.56 bits per heavy atom. The minimum absolute atomic E-state index is 0.291. The van der Waals surface area contributed by atoms with Gasteiger partial charge in [-0.3, -0.25) is 13.9 Å². The van der Waals surface area contributed by atoms with Crippen LogP contribution >= 0.6 is 0 Å². The molecule has 27 heavy (non-hydrogen) atoms. The third-order valence-corrected chi connectivity index (χ3v) is 4.52. The number of nitrogens with zero attached hydrogens (tertiary/aromatic N) is 7. The van der Waals surface area contributed by atoms with Crippen molar-refractivity contribution in [3.05, 3.63) is 51.3 Å². The number of aromatic nitrogens is 7. The van der Waals surface area contributed by atoms with Crippen molar-refractivity contribution >= 4 is 11.2 Å². The molecule has 4 rings (SSSR count). The lowest BCUT2D eigenvalue weighted by Crippen LogP contribution is -2.37. The van der Waals surface area contributed by atoms with Crippen LogP contribution in [0.1, 0.15) is 0 Å². The van der Waals surface area contributed by atoms with Gasteiger partial charge in [0.05, 0.1) is 13.3 Å². The normalized spacial score (nSPS) is 11.3. The van der Waals surface area contributed by atoms with Crippen molar-refractivity contribution in [2.75, 3.05) is 7.11 Å². The zero-order valence-electron chi connectivity index (χ0n) is 15.2. The van der Waals surface area contributed by atoms with Crippen LogP contribution in [0.4, 0.5) is 0 Å². The molecule has 0 aliphatic heterocycles. The molecule has 10 heteroatoms. The topological polar surface area (TPSA) is 102 Å². The number of ether oxygens (including phenoxy) is 1. The van der Waals surface area contributed by atoms with E-state index in [0.29, 0.717) is 28.6 Å². The third kappa shape index (κ3) is 2.45. The van der Waals surface area contributed by atoms with E-state index in [4.69, 9.17) is 4.74 Å². The van der Waals surface area contributed by atoms with E-state index in [-0.39, 0.29) is 0 Å². The van der Waals surface area contributed by atoms with E-state index in [1.165, 1.54) is 16.3 Å². The van der Waals surface area contributed by atoms with Gasteiger partial charge in [-0.1, -0.05) is 17.3 Å². The lowest BCUT2D eigenvalue weighted by atomic mass is 10.1. The van der Waals surface area contributed by atoms with E-state index >= 15 is 0 Å². The molecular formula is C17H17N7O3. The van der Waals surface area contributed by atoms with Crippen molar-refractivity contribution in [2.45, 2.75) is 0 Å². The average molecular weight is 367 g/mol. The second-order valence-electron chi connectivity index (χ2n) is 6.13. The van der Waals surface area contributed by atoms with Gasteiger partial charge < -0.3 is 9.30 Å². The molecule has 0 saturated carbocycles. The Morgan fingerprint density at radius 2 is 1.81 bits per heavy atom. The molecule has 0 amide bonds. The van der Waals surface area contributed by atoms with Crippen molar-refractivity contribution in [1.82, 2.24) is 33.7 Å². The molecule has 3 heterocycles. The van der Waals surface area contributed by atoms with Crippen molar-refractivity contribution in [3.63, 3.8) is 0 Å². The van der Waals surface area contributed by atoms with Crippen LogP contribution < -0.4 is 16.0 Å². The molecule has 0 N–H and O–H groups in total. The van der Waals surface area contributed by atoms with E-state index in [1.807, 2.05) is 24.3 Å². The molecule has 4 aromatic rings. The van der Waals surface area contributed by atoms with E-state index < -0.39 is 11.2 Å². The Hall–Kier alpha value is -3.69. The number of benzene rings is 1. The molecule has 0 bridgehead atoms. The number of imidazole rings is 1. The fraction of sp³-hybridized carbons (Fsp3) is 0.235. The van der Waals surface area contributed by atoms with Gasteiger partial charge in [0.25, 0.3) is 5.56 Å². The maximum atomic E-state index is 12.5. The van der Waals surface area contributed by atoms with Crippen LogP contribution in [0, 0.1) is 0 Å². The SMILES string of the molecule is COc1cccc(-c2cn(-c3nc4c(c(=O)n(C)c(=O)n4C)n3C)nn2)c1. The maximum absolute atomic E-state index is 12.5. The Bertz CT molecular complexity index is 1290. The largest absolute Gasteiger partial charge is 0.497 e. The molecule has 0 saturated heterocycles. The minimum atomic E-state index is -0.437. The number of rotatable bonds is 3. The highest BCUT2D eigenvalue weighted by atomic mass is 16.5. The number of hydrogen-bond acceptors (Lipinski definition) is 6. The number of methoxy groups -OCH3 is 1. The van der Waals surface area contributed by atoms with Gasteiger partial charge in [-0.05, 0) is 12.1 Å². The minimum Gasteiger partial charge on any atom is -0.497 e. The summed E-state index contributed by atoms with van der Waals surface area (Å²) in [5, 5.41) is 8.31. The fourth-order valence-corrected chi connectivity index (χ4v) is 2.99. The third-order valence-electron chi connectivity index (χ3n) is 4.52.